The minimum atomic E-state index is -0.833. The van der Waals surface area contributed by atoms with Crippen LogP contribution in [0, 0.1) is 3.57 Å². The van der Waals surface area contributed by atoms with Crippen molar-refractivity contribution in [3.05, 3.63) is 27.3 Å². The van der Waals surface area contributed by atoms with Gasteiger partial charge >= 0.3 is 95.0 Å². The normalized spacial score (nSPS) is 8.80. The second kappa shape index (κ2) is 7.16. The summed E-state index contributed by atoms with van der Waals surface area (Å²) < 4.78 is 2.10. The molecule has 0 heterocycles. The Morgan fingerprint density at radius 3 is 2.13 bits per heavy atom. The van der Waals surface area contributed by atoms with Gasteiger partial charge in [0.25, 0.3) is 5.97 Å². The first-order chi connectivity index (χ1) is 6.86. The van der Waals surface area contributed by atoms with E-state index in [9.17, 15) is 4.79 Å². The van der Waals surface area contributed by atoms with Gasteiger partial charge in [-0.05, 0) is 0 Å². The summed E-state index contributed by atoms with van der Waals surface area (Å²) in [4.78, 5) is 19.6. The molecule has 0 amide bonds. The van der Waals surface area contributed by atoms with Crippen molar-refractivity contribution in [3.63, 3.8) is 0 Å². The zero-order chi connectivity index (χ0) is 12.0. The maximum atomic E-state index is 10.6. The van der Waals surface area contributed by atoms with Crippen molar-refractivity contribution in [2.45, 2.75) is 6.92 Å². The fourth-order valence-corrected chi connectivity index (χ4v) is 2.60. The third kappa shape index (κ3) is 6.08. The fourth-order valence-electron chi connectivity index (χ4n) is 0.745. The summed E-state index contributed by atoms with van der Waals surface area (Å²) in [5.41, 5.74) is 0.429. The molecule has 77 valence electrons. The number of aromatic carboxylic acids is 1. The minimum absolute atomic E-state index is 0.429. The predicted octanol–water partition coefficient (Wildman–Crippen LogP) is 1.25. The van der Waals surface area contributed by atoms with Crippen molar-refractivity contribution < 1.29 is 45.9 Å². The first kappa shape index (κ1) is 14.8. The van der Waals surface area contributed by atoms with Crippen LogP contribution in [-0.4, -0.2) is 22.2 Å². The van der Waals surface area contributed by atoms with Gasteiger partial charge in [-0.1, -0.05) is 0 Å². The molecule has 15 heavy (non-hydrogen) atoms. The molecule has 4 nitrogen and oxygen atoms in total. The molecule has 0 aromatic heterocycles. The number of benzene rings is 1. The van der Waals surface area contributed by atoms with Gasteiger partial charge < -0.3 is 5.11 Å². The van der Waals surface area contributed by atoms with Gasteiger partial charge in [-0.2, -0.15) is 0 Å². The third-order valence-electron chi connectivity index (χ3n) is 1.31. The van der Waals surface area contributed by atoms with Gasteiger partial charge in [-0.3, -0.25) is 4.79 Å². The van der Waals surface area contributed by atoms with E-state index >= 15 is 0 Å². The van der Waals surface area contributed by atoms with E-state index < -0.39 is 11.9 Å². The van der Waals surface area contributed by atoms with Crippen molar-refractivity contribution in [1.82, 2.24) is 0 Å². The number of carboxylic acid groups (broad SMARTS) is 2. The van der Waals surface area contributed by atoms with Gasteiger partial charge in [-0.15, -0.1) is 0 Å². The SMILES string of the molecule is CC(=O)O.O=C(O)c1ccc[c]([Hg])c1I. The first-order valence-electron chi connectivity index (χ1n) is 3.89. The Morgan fingerprint density at radius 1 is 1.33 bits per heavy atom. The summed E-state index contributed by atoms with van der Waals surface area (Å²) in [5, 5.41) is 16.1. The number of rotatable bonds is 1. The summed E-state index contributed by atoms with van der Waals surface area (Å²) in [6, 6.07) is 5.42. The van der Waals surface area contributed by atoms with Crippen LogP contribution in [0.3, 0.4) is 0 Å². The van der Waals surface area contributed by atoms with Gasteiger partial charge in [0.2, 0.25) is 0 Å². The van der Waals surface area contributed by atoms with Crippen LogP contribution in [0.4, 0.5) is 0 Å². The average Bonchev–Trinajstić information content (AvgIpc) is 2.08. The van der Waals surface area contributed by atoms with Crippen LogP contribution < -0.4 is 3.07 Å². The quantitative estimate of drug-likeness (QED) is 0.443. The van der Waals surface area contributed by atoms with Gasteiger partial charge in [-0.25, -0.2) is 0 Å². The molecule has 0 aliphatic carbocycles. The molecule has 0 fully saturated rings. The zero-order valence-corrected chi connectivity index (χ0v) is 15.7. The summed E-state index contributed by atoms with van der Waals surface area (Å²) in [7, 11) is 0. The predicted molar refractivity (Wildman–Crippen MR) is 59.1 cm³/mol. The Bertz CT molecular complexity index is 374. The molecular formula is C9H8HgIO4. The van der Waals surface area contributed by atoms with E-state index in [-0.39, 0.29) is 0 Å². The van der Waals surface area contributed by atoms with Gasteiger partial charge in [0, 0.05) is 6.92 Å². The molecule has 0 saturated heterocycles. The maximum absolute atomic E-state index is 10.6. The van der Waals surface area contributed by atoms with Crippen LogP contribution in [0.1, 0.15) is 17.3 Å². The summed E-state index contributed by atoms with van der Waals surface area (Å²) in [5.74, 6) is -1.67. The number of carboxylic acids is 2. The van der Waals surface area contributed by atoms with Crippen LogP contribution in [0.5, 0.6) is 0 Å². The van der Waals surface area contributed by atoms with E-state index in [1.54, 1.807) is 12.1 Å². The number of carbonyl (C=O) groups is 2. The first-order valence-corrected chi connectivity index (χ1v) is 7.72. The van der Waals surface area contributed by atoms with Crippen molar-refractivity contribution in [2.75, 3.05) is 0 Å². The third-order valence-corrected chi connectivity index (χ3v) is 7.67. The second-order valence-corrected chi connectivity index (χ2v) is 6.64. The monoisotopic (exact) mass is 509 g/mol. The topological polar surface area (TPSA) is 74.6 Å². The van der Waals surface area contributed by atoms with Gasteiger partial charge in [0.05, 0.1) is 0 Å². The van der Waals surface area contributed by atoms with Crippen LogP contribution in [0.2, 0.25) is 0 Å². The van der Waals surface area contributed by atoms with E-state index in [2.05, 4.69) is 22.6 Å². The number of aliphatic carboxylic acids is 1. The van der Waals surface area contributed by atoms with E-state index in [0.717, 1.165) is 10.5 Å². The summed E-state index contributed by atoms with van der Waals surface area (Å²) in [6.07, 6.45) is 0. The molecule has 0 bridgehead atoms. The van der Waals surface area contributed by atoms with E-state index in [0.29, 0.717) is 31.7 Å². The summed E-state index contributed by atoms with van der Waals surface area (Å²) in [6.45, 7) is 1.08. The van der Waals surface area contributed by atoms with Gasteiger partial charge in [0.1, 0.15) is 0 Å². The molecule has 0 saturated carbocycles. The average molecular weight is 508 g/mol. The van der Waals surface area contributed by atoms with Crippen molar-refractivity contribution >= 4 is 37.6 Å². The molecule has 1 aromatic carbocycles. The molecule has 2 N–H and O–H groups in total. The van der Waals surface area contributed by atoms with Crippen LogP contribution in [-0.2, 0) is 30.9 Å². The number of hydrogen-bond donors (Lipinski definition) is 2. The van der Waals surface area contributed by atoms with Crippen LogP contribution >= 0.6 is 22.6 Å². The van der Waals surface area contributed by atoms with Crippen molar-refractivity contribution in [3.8, 4) is 0 Å². The fraction of sp³-hybridized carbons (Fsp3) is 0.111. The zero-order valence-electron chi connectivity index (χ0n) is 8.03. The molecule has 0 unspecified atom stereocenters. The van der Waals surface area contributed by atoms with Crippen molar-refractivity contribution in [1.29, 1.82) is 0 Å². The van der Waals surface area contributed by atoms with E-state index in [1.807, 2.05) is 6.07 Å². The Kier molecular flexibility index (Phi) is 7.07. The number of halogens is 1. The molecule has 1 aromatic rings. The Morgan fingerprint density at radius 2 is 1.80 bits per heavy atom. The molecule has 0 radical (unpaired) electrons. The standard InChI is InChI=1S/C7H4IO2.C2H4O2.Hg/c8-6-4-2-1-3-5(6)7(9)10;1-2(3)4;/h1-3H,(H,9,10);1H3,(H,3,4);. The van der Waals surface area contributed by atoms with Crippen LogP contribution in [0.25, 0.3) is 0 Å². The second-order valence-electron chi connectivity index (χ2n) is 2.60. The van der Waals surface area contributed by atoms with Crippen LogP contribution in [0.15, 0.2) is 18.2 Å². The van der Waals surface area contributed by atoms with E-state index in [4.69, 9.17) is 15.0 Å². The molecule has 0 aliphatic heterocycles. The summed E-state index contributed by atoms with van der Waals surface area (Å²) >= 11 is 2.59. The van der Waals surface area contributed by atoms with E-state index in [1.165, 1.54) is 3.07 Å². The molecule has 6 heteroatoms. The van der Waals surface area contributed by atoms with Crippen molar-refractivity contribution in [2.24, 2.45) is 0 Å². The number of hydrogen-bond acceptors (Lipinski definition) is 2. The molecule has 0 atom stereocenters. The molecule has 1 rings (SSSR count). The molecule has 0 spiro atoms. The Hall–Kier alpha value is -0.175. The Balaban J connectivity index is 0.000000423. The molecular weight excluding hydrogens is 500 g/mol. The molecule has 0 aliphatic rings. The van der Waals surface area contributed by atoms with Gasteiger partial charge in [0.15, 0.2) is 0 Å². The Labute approximate surface area is 117 Å².